The molecule has 0 heterocycles. The fraction of sp³-hybridized carbons (Fsp3) is 0.571. The molecule has 2 unspecified atom stereocenters. The Morgan fingerprint density at radius 3 is 2.47 bits per heavy atom. The normalized spacial score (nSPS) is 14.3. The monoisotopic (exact) mass is 237 g/mol. The molecule has 0 bridgehead atoms. The lowest BCUT2D eigenvalue weighted by molar-refractivity contribution is 0.170. The van der Waals surface area contributed by atoms with Crippen LogP contribution >= 0.6 is 0 Å². The molecule has 0 aliphatic rings. The highest BCUT2D eigenvalue weighted by Crippen LogP contribution is 2.12. The van der Waals surface area contributed by atoms with Crippen molar-refractivity contribution in [3.05, 3.63) is 30.3 Å². The molecule has 1 aromatic carbocycles. The van der Waals surface area contributed by atoms with Crippen LogP contribution < -0.4 is 10.5 Å². The molecule has 2 N–H and O–H groups in total. The van der Waals surface area contributed by atoms with Crippen molar-refractivity contribution in [3.63, 3.8) is 0 Å². The molecule has 0 aromatic heterocycles. The second-order valence-electron chi connectivity index (χ2n) is 4.37. The molecule has 3 heteroatoms. The minimum atomic E-state index is 0.175. The minimum absolute atomic E-state index is 0.175. The summed E-state index contributed by atoms with van der Waals surface area (Å²) in [5, 5.41) is 0. The van der Waals surface area contributed by atoms with Crippen molar-refractivity contribution < 1.29 is 9.47 Å². The first-order valence-electron chi connectivity index (χ1n) is 6.16. The van der Waals surface area contributed by atoms with E-state index >= 15 is 0 Å². The Hall–Kier alpha value is -1.06. The molecule has 0 aliphatic heterocycles. The molecule has 0 fully saturated rings. The SMILES string of the molecule is COCCC(C)C(N)CCOc1ccccc1. The van der Waals surface area contributed by atoms with Crippen molar-refractivity contribution in [3.8, 4) is 5.75 Å². The topological polar surface area (TPSA) is 44.5 Å². The average Bonchev–Trinajstić information content (AvgIpc) is 2.37. The van der Waals surface area contributed by atoms with Crippen LogP contribution in [0.5, 0.6) is 5.75 Å². The zero-order valence-corrected chi connectivity index (χ0v) is 10.8. The molecule has 0 saturated carbocycles. The van der Waals surface area contributed by atoms with Crippen LogP contribution in [0, 0.1) is 5.92 Å². The van der Waals surface area contributed by atoms with Crippen LogP contribution in [0.3, 0.4) is 0 Å². The lowest BCUT2D eigenvalue weighted by Crippen LogP contribution is -2.30. The van der Waals surface area contributed by atoms with Gasteiger partial charge in [-0.2, -0.15) is 0 Å². The van der Waals surface area contributed by atoms with Gasteiger partial charge in [0.15, 0.2) is 0 Å². The number of hydrogen-bond acceptors (Lipinski definition) is 3. The highest BCUT2D eigenvalue weighted by atomic mass is 16.5. The number of hydrogen-bond donors (Lipinski definition) is 1. The summed E-state index contributed by atoms with van der Waals surface area (Å²) in [6, 6.07) is 10.0. The van der Waals surface area contributed by atoms with E-state index < -0.39 is 0 Å². The van der Waals surface area contributed by atoms with Crippen LogP contribution in [0.15, 0.2) is 30.3 Å². The van der Waals surface area contributed by atoms with Gasteiger partial charge in [0.05, 0.1) is 6.61 Å². The maximum Gasteiger partial charge on any atom is 0.119 e. The van der Waals surface area contributed by atoms with E-state index in [1.807, 2.05) is 30.3 Å². The highest BCUT2D eigenvalue weighted by molar-refractivity contribution is 5.20. The summed E-state index contributed by atoms with van der Waals surface area (Å²) in [5.74, 6) is 1.37. The van der Waals surface area contributed by atoms with Crippen molar-refractivity contribution >= 4 is 0 Å². The van der Waals surface area contributed by atoms with E-state index in [9.17, 15) is 0 Å². The molecule has 96 valence electrons. The van der Waals surface area contributed by atoms with Gasteiger partial charge in [-0.05, 0) is 30.9 Å². The fourth-order valence-electron chi connectivity index (χ4n) is 1.63. The van der Waals surface area contributed by atoms with Crippen LogP contribution in [0.4, 0.5) is 0 Å². The summed E-state index contributed by atoms with van der Waals surface area (Å²) in [7, 11) is 1.72. The van der Waals surface area contributed by atoms with Gasteiger partial charge in [0.1, 0.15) is 5.75 Å². The van der Waals surface area contributed by atoms with Crippen LogP contribution in [-0.4, -0.2) is 26.4 Å². The van der Waals surface area contributed by atoms with E-state index in [1.165, 1.54) is 0 Å². The molecular weight excluding hydrogens is 214 g/mol. The molecule has 17 heavy (non-hydrogen) atoms. The molecule has 0 aliphatic carbocycles. The summed E-state index contributed by atoms with van der Waals surface area (Å²) in [6.45, 7) is 3.60. The highest BCUT2D eigenvalue weighted by Gasteiger charge is 2.12. The first kappa shape index (κ1) is 14.0. The number of ether oxygens (including phenoxy) is 2. The van der Waals surface area contributed by atoms with E-state index in [2.05, 4.69) is 6.92 Å². The molecule has 0 amide bonds. The molecule has 0 saturated heterocycles. The smallest absolute Gasteiger partial charge is 0.119 e. The van der Waals surface area contributed by atoms with Gasteiger partial charge in [0.2, 0.25) is 0 Å². The Morgan fingerprint density at radius 1 is 1.12 bits per heavy atom. The first-order chi connectivity index (χ1) is 8.24. The van der Waals surface area contributed by atoms with Crippen LogP contribution in [0.25, 0.3) is 0 Å². The van der Waals surface area contributed by atoms with Crippen molar-refractivity contribution in [1.82, 2.24) is 0 Å². The van der Waals surface area contributed by atoms with Crippen LogP contribution in [0.2, 0.25) is 0 Å². The summed E-state index contributed by atoms with van der Waals surface area (Å²) >= 11 is 0. The maximum absolute atomic E-state index is 6.09. The quantitative estimate of drug-likeness (QED) is 0.755. The lowest BCUT2D eigenvalue weighted by Gasteiger charge is -2.19. The number of nitrogens with two attached hydrogens (primary N) is 1. The van der Waals surface area contributed by atoms with Gasteiger partial charge in [-0.15, -0.1) is 0 Å². The molecule has 2 atom stereocenters. The number of para-hydroxylation sites is 1. The molecule has 0 radical (unpaired) electrons. The minimum Gasteiger partial charge on any atom is -0.494 e. The van der Waals surface area contributed by atoms with E-state index in [-0.39, 0.29) is 6.04 Å². The van der Waals surface area contributed by atoms with E-state index in [0.717, 1.165) is 25.2 Å². The third-order valence-corrected chi connectivity index (χ3v) is 2.97. The Morgan fingerprint density at radius 2 is 1.82 bits per heavy atom. The van der Waals surface area contributed by atoms with Crippen LogP contribution in [-0.2, 0) is 4.74 Å². The third-order valence-electron chi connectivity index (χ3n) is 2.97. The molecule has 1 rings (SSSR count). The molecule has 1 aromatic rings. The summed E-state index contributed by atoms with van der Waals surface area (Å²) in [5.41, 5.74) is 6.09. The van der Waals surface area contributed by atoms with Crippen LogP contribution in [0.1, 0.15) is 19.8 Å². The van der Waals surface area contributed by atoms with Gasteiger partial charge in [0.25, 0.3) is 0 Å². The average molecular weight is 237 g/mol. The van der Waals surface area contributed by atoms with E-state index in [1.54, 1.807) is 7.11 Å². The zero-order valence-electron chi connectivity index (χ0n) is 10.8. The van der Waals surface area contributed by atoms with Crippen molar-refractivity contribution in [2.24, 2.45) is 11.7 Å². The van der Waals surface area contributed by atoms with Crippen molar-refractivity contribution in [1.29, 1.82) is 0 Å². The Balaban J connectivity index is 2.17. The summed E-state index contributed by atoms with van der Waals surface area (Å²) in [4.78, 5) is 0. The Labute approximate surface area is 104 Å². The van der Waals surface area contributed by atoms with Crippen molar-refractivity contribution in [2.75, 3.05) is 20.3 Å². The van der Waals surface area contributed by atoms with E-state index in [4.69, 9.17) is 15.2 Å². The predicted molar refractivity (Wildman–Crippen MR) is 70.2 cm³/mol. The van der Waals surface area contributed by atoms with Gasteiger partial charge < -0.3 is 15.2 Å². The van der Waals surface area contributed by atoms with Gasteiger partial charge in [-0.3, -0.25) is 0 Å². The zero-order chi connectivity index (χ0) is 12.5. The Bertz CT molecular complexity index is 290. The first-order valence-corrected chi connectivity index (χ1v) is 6.16. The van der Waals surface area contributed by atoms with Gasteiger partial charge >= 0.3 is 0 Å². The molecular formula is C14H23NO2. The second-order valence-corrected chi connectivity index (χ2v) is 4.37. The predicted octanol–water partition coefficient (Wildman–Crippen LogP) is 2.46. The van der Waals surface area contributed by atoms with E-state index in [0.29, 0.717) is 12.5 Å². The largest absolute Gasteiger partial charge is 0.494 e. The maximum atomic E-state index is 6.09. The van der Waals surface area contributed by atoms with Gasteiger partial charge in [0, 0.05) is 19.8 Å². The molecule has 3 nitrogen and oxygen atoms in total. The second kappa shape index (κ2) is 8.09. The standard InChI is InChI=1S/C14H23NO2/c1-12(8-10-16-2)14(15)9-11-17-13-6-4-3-5-7-13/h3-7,12,14H,8-11,15H2,1-2H3. The number of rotatable bonds is 8. The number of methoxy groups -OCH3 is 1. The summed E-state index contributed by atoms with van der Waals surface area (Å²) < 4.78 is 10.7. The van der Waals surface area contributed by atoms with Gasteiger partial charge in [-0.25, -0.2) is 0 Å². The van der Waals surface area contributed by atoms with Crippen molar-refractivity contribution in [2.45, 2.75) is 25.8 Å². The molecule has 0 spiro atoms. The summed E-state index contributed by atoms with van der Waals surface area (Å²) in [6.07, 6.45) is 1.88. The van der Waals surface area contributed by atoms with Gasteiger partial charge in [-0.1, -0.05) is 25.1 Å². The number of benzene rings is 1. The third kappa shape index (κ3) is 5.71. The fourth-order valence-corrected chi connectivity index (χ4v) is 1.63. The lowest BCUT2D eigenvalue weighted by atomic mass is 9.97. The Kier molecular flexibility index (Phi) is 6.67.